The van der Waals surface area contributed by atoms with Crippen molar-refractivity contribution in [3.63, 3.8) is 0 Å². The summed E-state index contributed by atoms with van der Waals surface area (Å²) in [5, 5.41) is 1.23. The third-order valence-corrected chi connectivity index (χ3v) is 5.72. The van der Waals surface area contributed by atoms with Crippen molar-refractivity contribution in [2.24, 2.45) is 7.05 Å². The Bertz CT molecular complexity index is 1200. The Morgan fingerprint density at radius 1 is 1.20 bits per heavy atom. The summed E-state index contributed by atoms with van der Waals surface area (Å²) in [5.41, 5.74) is 3.27. The number of hydrogen-bond acceptors (Lipinski definition) is 3. The van der Waals surface area contributed by atoms with E-state index in [1.54, 1.807) is 6.20 Å². The van der Waals surface area contributed by atoms with E-state index in [1.165, 1.54) is 28.6 Å². The van der Waals surface area contributed by atoms with Crippen LogP contribution in [0.4, 0.5) is 8.78 Å². The van der Waals surface area contributed by atoms with Crippen molar-refractivity contribution in [1.82, 2.24) is 19.4 Å². The molecule has 1 saturated heterocycles. The first-order valence-corrected chi connectivity index (χ1v) is 9.95. The minimum Gasteiger partial charge on any atom is -0.378 e. The highest BCUT2D eigenvalue weighted by atomic mass is 19.1. The molecule has 0 amide bonds. The number of ether oxygens (including phenoxy) is 1. The molecule has 1 atom stereocenters. The Kier molecular flexibility index (Phi) is 4.84. The van der Waals surface area contributed by atoms with Crippen LogP contribution in [0.5, 0.6) is 0 Å². The standard InChI is InChI=1S/C23H22F2N4O/c1-28-12-15(17-4-2-3-5-21(17)28)13-29-8-9-30-14-22(29)23-26-11-20(27-23)18-7-6-16(24)10-19(18)25/h2-7,10-12,22H,8-9,13-14H2,1H3,(H,26,27). The number of aryl methyl sites for hydroxylation is 1. The number of aromatic nitrogens is 3. The summed E-state index contributed by atoms with van der Waals surface area (Å²) in [7, 11) is 2.05. The van der Waals surface area contributed by atoms with Crippen molar-refractivity contribution in [1.29, 1.82) is 0 Å². The maximum atomic E-state index is 14.2. The van der Waals surface area contributed by atoms with Crippen molar-refractivity contribution in [3.05, 3.63) is 77.9 Å². The molecule has 2 aromatic heterocycles. The number of morpholine rings is 1. The first-order valence-electron chi connectivity index (χ1n) is 9.95. The van der Waals surface area contributed by atoms with Crippen LogP contribution in [0.3, 0.4) is 0 Å². The van der Waals surface area contributed by atoms with Gasteiger partial charge in [0.15, 0.2) is 0 Å². The molecular weight excluding hydrogens is 386 g/mol. The molecule has 0 bridgehead atoms. The molecule has 5 rings (SSSR count). The summed E-state index contributed by atoms with van der Waals surface area (Å²) in [5.74, 6) is -0.496. The van der Waals surface area contributed by atoms with Gasteiger partial charge < -0.3 is 14.3 Å². The monoisotopic (exact) mass is 408 g/mol. The Hall–Kier alpha value is -3.03. The maximum Gasteiger partial charge on any atom is 0.135 e. The summed E-state index contributed by atoms with van der Waals surface area (Å²) in [6.45, 7) is 2.69. The number of nitrogens with one attached hydrogen (secondary N) is 1. The molecule has 1 fully saturated rings. The molecular formula is C23H22F2N4O. The number of para-hydroxylation sites is 1. The minimum absolute atomic E-state index is 0.0741. The predicted octanol–water partition coefficient (Wildman–Crippen LogP) is 4.42. The Morgan fingerprint density at radius 3 is 2.93 bits per heavy atom. The lowest BCUT2D eigenvalue weighted by Crippen LogP contribution is -2.39. The van der Waals surface area contributed by atoms with Crippen molar-refractivity contribution in [2.75, 3.05) is 19.8 Å². The van der Waals surface area contributed by atoms with E-state index in [1.807, 2.05) is 6.07 Å². The van der Waals surface area contributed by atoms with Gasteiger partial charge in [-0.3, -0.25) is 4.90 Å². The van der Waals surface area contributed by atoms with Gasteiger partial charge in [0, 0.05) is 48.9 Å². The van der Waals surface area contributed by atoms with E-state index in [2.05, 4.69) is 50.9 Å². The predicted molar refractivity (Wildman–Crippen MR) is 111 cm³/mol. The number of H-pyrrole nitrogens is 1. The molecule has 154 valence electrons. The lowest BCUT2D eigenvalue weighted by atomic mass is 10.1. The van der Waals surface area contributed by atoms with Gasteiger partial charge in [0.2, 0.25) is 0 Å². The third-order valence-electron chi connectivity index (χ3n) is 5.72. The van der Waals surface area contributed by atoms with Crippen LogP contribution in [0.2, 0.25) is 0 Å². The molecule has 3 heterocycles. The summed E-state index contributed by atoms with van der Waals surface area (Å²) >= 11 is 0. The van der Waals surface area contributed by atoms with E-state index in [9.17, 15) is 8.78 Å². The summed E-state index contributed by atoms with van der Waals surface area (Å²) in [6.07, 6.45) is 3.76. The van der Waals surface area contributed by atoms with Crippen molar-refractivity contribution >= 4 is 10.9 Å². The smallest absolute Gasteiger partial charge is 0.135 e. The molecule has 0 saturated carbocycles. The van der Waals surface area contributed by atoms with Gasteiger partial charge in [-0.05, 0) is 23.8 Å². The van der Waals surface area contributed by atoms with Crippen LogP contribution in [0.25, 0.3) is 22.2 Å². The fraction of sp³-hybridized carbons (Fsp3) is 0.261. The normalized spacial score (nSPS) is 17.6. The van der Waals surface area contributed by atoms with E-state index < -0.39 is 11.6 Å². The molecule has 7 heteroatoms. The van der Waals surface area contributed by atoms with Gasteiger partial charge in [-0.1, -0.05) is 18.2 Å². The largest absolute Gasteiger partial charge is 0.378 e. The lowest BCUT2D eigenvalue weighted by molar-refractivity contribution is -0.0154. The molecule has 1 unspecified atom stereocenters. The molecule has 0 aliphatic carbocycles. The van der Waals surface area contributed by atoms with E-state index in [0.717, 1.165) is 19.2 Å². The average molecular weight is 408 g/mol. The van der Waals surface area contributed by atoms with E-state index in [4.69, 9.17) is 4.74 Å². The first kappa shape index (κ1) is 19.0. The Labute approximate surface area is 172 Å². The summed E-state index contributed by atoms with van der Waals surface area (Å²) < 4.78 is 35.3. The van der Waals surface area contributed by atoms with Crippen LogP contribution < -0.4 is 0 Å². The van der Waals surface area contributed by atoms with Gasteiger partial charge >= 0.3 is 0 Å². The van der Waals surface area contributed by atoms with E-state index in [-0.39, 0.29) is 6.04 Å². The molecule has 5 nitrogen and oxygen atoms in total. The Balaban J connectivity index is 1.44. The number of fused-ring (bicyclic) bond motifs is 1. The molecule has 1 aliphatic heterocycles. The highest BCUT2D eigenvalue weighted by Crippen LogP contribution is 2.30. The van der Waals surface area contributed by atoms with Gasteiger partial charge in [-0.25, -0.2) is 13.8 Å². The number of aromatic amines is 1. The second-order valence-electron chi connectivity index (χ2n) is 7.65. The average Bonchev–Trinajstić information content (AvgIpc) is 3.34. The van der Waals surface area contributed by atoms with Crippen LogP contribution in [0, 0.1) is 11.6 Å². The van der Waals surface area contributed by atoms with Crippen molar-refractivity contribution in [2.45, 2.75) is 12.6 Å². The number of halogens is 2. The van der Waals surface area contributed by atoms with Crippen LogP contribution in [-0.2, 0) is 18.3 Å². The van der Waals surface area contributed by atoms with Crippen molar-refractivity contribution in [3.8, 4) is 11.3 Å². The molecule has 2 aromatic carbocycles. The second kappa shape index (κ2) is 7.66. The van der Waals surface area contributed by atoms with E-state index >= 15 is 0 Å². The highest BCUT2D eigenvalue weighted by molar-refractivity contribution is 5.83. The number of hydrogen-bond donors (Lipinski definition) is 1. The van der Waals surface area contributed by atoms with E-state index in [0.29, 0.717) is 30.3 Å². The molecule has 0 spiro atoms. The first-order chi connectivity index (χ1) is 14.6. The zero-order chi connectivity index (χ0) is 20.7. The van der Waals surface area contributed by atoms with Gasteiger partial charge in [0.05, 0.1) is 31.1 Å². The zero-order valence-corrected chi connectivity index (χ0v) is 16.6. The molecule has 4 aromatic rings. The molecule has 1 N–H and O–H groups in total. The molecule has 0 radical (unpaired) electrons. The second-order valence-corrected chi connectivity index (χ2v) is 7.65. The number of benzene rings is 2. The maximum absolute atomic E-state index is 14.2. The minimum atomic E-state index is -0.613. The van der Waals surface area contributed by atoms with Crippen LogP contribution in [0.15, 0.2) is 54.9 Å². The lowest BCUT2D eigenvalue weighted by Gasteiger charge is -2.34. The van der Waals surface area contributed by atoms with Gasteiger partial charge in [0.1, 0.15) is 17.5 Å². The summed E-state index contributed by atoms with van der Waals surface area (Å²) in [6, 6.07) is 11.8. The third kappa shape index (κ3) is 3.40. The highest BCUT2D eigenvalue weighted by Gasteiger charge is 2.28. The van der Waals surface area contributed by atoms with Crippen LogP contribution >= 0.6 is 0 Å². The van der Waals surface area contributed by atoms with Crippen molar-refractivity contribution < 1.29 is 13.5 Å². The quantitative estimate of drug-likeness (QED) is 0.544. The number of imidazole rings is 1. The number of rotatable bonds is 4. The van der Waals surface area contributed by atoms with Gasteiger partial charge in [-0.15, -0.1) is 0 Å². The topological polar surface area (TPSA) is 46.1 Å². The fourth-order valence-corrected chi connectivity index (χ4v) is 4.20. The fourth-order valence-electron chi connectivity index (χ4n) is 4.20. The molecule has 30 heavy (non-hydrogen) atoms. The van der Waals surface area contributed by atoms with Gasteiger partial charge in [0.25, 0.3) is 0 Å². The SMILES string of the molecule is Cn1cc(CN2CCOCC2c2ncc(-c3ccc(F)cc3F)[nH]2)c2ccccc21. The zero-order valence-electron chi connectivity index (χ0n) is 16.6. The van der Waals surface area contributed by atoms with Crippen LogP contribution in [-0.4, -0.2) is 39.2 Å². The summed E-state index contributed by atoms with van der Waals surface area (Å²) in [4.78, 5) is 10.0. The Morgan fingerprint density at radius 2 is 2.07 bits per heavy atom. The molecule has 1 aliphatic rings. The van der Waals surface area contributed by atoms with Gasteiger partial charge in [-0.2, -0.15) is 0 Å². The van der Waals surface area contributed by atoms with Crippen LogP contribution in [0.1, 0.15) is 17.4 Å². The number of nitrogens with zero attached hydrogens (tertiary/aromatic N) is 3.